The van der Waals surface area contributed by atoms with Crippen LogP contribution in [0.1, 0.15) is 29.0 Å². The van der Waals surface area contributed by atoms with Gasteiger partial charge < -0.3 is 8.98 Å². The van der Waals surface area contributed by atoms with Crippen molar-refractivity contribution in [2.75, 3.05) is 0 Å². The zero-order chi connectivity index (χ0) is 31.6. The van der Waals surface area contributed by atoms with E-state index in [1.54, 1.807) is 0 Å². The van der Waals surface area contributed by atoms with Gasteiger partial charge in [0.25, 0.3) is 0 Å². The Morgan fingerprint density at radius 3 is 2.10 bits per heavy atom. The molecule has 1 aliphatic heterocycles. The topological polar surface area (TPSA) is 30.4 Å². The molecular formula is C45H30N2O. The third-order valence-corrected chi connectivity index (χ3v) is 10.0. The van der Waals surface area contributed by atoms with Crippen molar-refractivity contribution in [3.63, 3.8) is 0 Å². The Balaban J connectivity index is 1.16. The van der Waals surface area contributed by atoms with Gasteiger partial charge in [0.15, 0.2) is 0 Å². The highest BCUT2D eigenvalue weighted by Crippen LogP contribution is 2.45. The van der Waals surface area contributed by atoms with E-state index >= 15 is 0 Å². The molecule has 0 amide bonds. The van der Waals surface area contributed by atoms with Crippen LogP contribution >= 0.6 is 0 Å². The lowest BCUT2D eigenvalue weighted by Crippen LogP contribution is -2.14. The maximum Gasteiger partial charge on any atom is 0.137 e. The highest BCUT2D eigenvalue weighted by Gasteiger charge is 2.28. The highest BCUT2D eigenvalue weighted by molar-refractivity contribution is 6.16. The van der Waals surface area contributed by atoms with E-state index in [0.29, 0.717) is 0 Å². The van der Waals surface area contributed by atoms with E-state index in [1.807, 2.05) is 0 Å². The van der Waals surface area contributed by atoms with Crippen molar-refractivity contribution in [3.8, 4) is 16.8 Å². The number of aromatic nitrogens is 1. The van der Waals surface area contributed by atoms with Crippen molar-refractivity contribution >= 4 is 55.1 Å². The number of benzene rings is 7. The molecular weight excluding hydrogens is 585 g/mol. The van der Waals surface area contributed by atoms with Crippen molar-refractivity contribution in [2.24, 2.45) is 4.99 Å². The third-order valence-electron chi connectivity index (χ3n) is 10.0. The lowest BCUT2D eigenvalue weighted by atomic mass is 9.81. The monoisotopic (exact) mass is 614 g/mol. The van der Waals surface area contributed by atoms with Gasteiger partial charge in [-0.3, -0.25) is 4.99 Å². The third kappa shape index (κ3) is 4.11. The Labute approximate surface area is 278 Å². The van der Waals surface area contributed by atoms with Crippen LogP contribution < -0.4 is 0 Å². The van der Waals surface area contributed by atoms with E-state index in [1.165, 1.54) is 55.0 Å². The van der Waals surface area contributed by atoms with Gasteiger partial charge in [0, 0.05) is 51.3 Å². The van der Waals surface area contributed by atoms with E-state index in [2.05, 4.69) is 168 Å². The first-order valence-corrected chi connectivity index (χ1v) is 16.6. The molecule has 0 N–H and O–H groups in total. The summed E-state index contributed by atoms with van der Waals surface area (Å²) in [5, 5.41) is 4.82. The molecule has 10 rings (SSSR count). The highest BCUT2D eigenvalue weighted by atomic mass is 16.3. The molecule has 1 aliphatic rings. The molecule has 0 saturated carbocycles. The number of aliphatic imine (C=N–C) groups is 1. The van der Waals surface area contributed by atoms with Crippen LogP contribution in [0.5, 0.6) is 0 Å². The second-order valence-corrected chi connectivity index (χ2v) is 12.7. The maximum atomic E-state index is 6.70. The Morgan fingerprint density at radius 1 is 0.521 bits per heavy atom. The van der Waals surface area contributed by atoms with E-state index < -0.39 is 0 Å². The largest absolute Gasteiger partial charge is 0.456 e. The molecule has 1 atom stereocenters. The Morgan fingerprint density at radius 2 is 1.23 bits per heavy atom. The SMILES string of the molecule is c1ccc(C2=Nc3ccccc3C(c3cccc4oc5cc(-n6c7ccccc7c7c(-c8ccccc8)cccc76)ccc5c34)C2)cc1. The van der Waals surface area contributed by atoms with Gasteiger partial charge in [-0.05, 0) is 64.2 Å². The van der Waals surface area contributed by atoms with E-state index in [4.69, 9.17) is 9.41 Å². The van der Waals surface area contributed by atoms with Crippen LogP contribution in [0.4, 0.5) is 5.69 Å². The molecule has 0 fully saturated rings. The molecule has 3 nitrogen and oxygen atoms in total. The zero-order valence-corrected chi connectivity index (χ0v) is 26.2. The second-order valence-electron chi connectivity index (χ2n) is 12.7. The summed E-state index contributed by atoms with van der Waals surface area (Å²) >= 11 is 0. The number of furan rings is 1. The fourth-order valence-electron chi connectivity index (χ4n) is 7.90. The Bertz CT molecular complexity index is 2700. The summed E-state index contributed by atoms with van der Waals surface area (Å²) in [6.45, 7) is 0. The van der Waals surface area contributed by atoms with E-state index in [0.717, 1.165) is 40.1 Å². The fraction of sp³-hybridized carbons (Fsp3) is 0.0444. The van der Waals surface area contributed by atoms with Crippen molar-refractivity contribution in [3.05, 3.63) is 180 Å². The summed E-state index contributed by atoms with van der Waals surface area (Å²) in [6.07, 6.45) is 0.829. The molecule has 2 aromatic heterocycles. The summed E-state index contributed by atoms with van der Waals surface area (Å²) in [5.41, 5.74) is 13.6. The molecule has 7 aromatic carbocycles. The Hall–Kier alpha value is -6.19. The number of rotatable bonds is 4. The van der Waals surface area contributed by atoms with Gasteiger partial charge >= 0.3 is 0 Å². The van der Waals surface area contributed by atoms with Crippen LogP contribution in [0.15, 0.2) is 173 Å². The zero-order valence-electron chi connectivity index (χ0n) is 26.2. The van der Waals surface area contributed by atoms with E-state index in [9.17, 15) is 0 Å². The molecule has 3 heterocycles. The predicted molar refractivity (Wildman–Crippen MR) is 199 cm³/mol. The first-order valence-electron chi connectivity index (χ1n) is 16.6. The number of para-hydroxylation sites is 2. The van der Waals surface area contributed by atoms with Gasteiger partial charge in [0.1, 0.15) is 11.2 Å². The minimum atomic E-state index is 0.159. The fourth-order valence-corrected chi connectivity index (χ4v) is 7.90. The molecule has 0 saturated heterocycles. The molecule has 9 aromatic rings. The summed E-state index contributed by atoms with van der Waals surface area (Å²) in [7, 11) is 0. The van der Waals surface area contributed by atoms with Crippen LogP contribution in [0, 0.1) is 0 Å². The van der Waals surface area contributed by atoms with Crippen LogP contribution in [0.25, 0.3) is 60.6 Å². The predicted octanol–water partition coefficient (Wildman–Crippen LogP) is 12.0. The second kappa shape index (κ2) is 10.7. The minimum absolute atomic E-state index is 0.159. The standard InChI is InChI=1S/C45H30N2O/c1-3-13-29(14-4-1)32-19-11-23-41-44(32)35-18-8-10-22-40(35)47(41)31-25-26-36-43(27-31)48-42-24-12-20-34(45(36)42)37-28-39(30-15-5-2-6-16-30)46-38-21-9-7-17-33(37)38/h1-27,37H,28H2. The normalized spacial score (nSPS) is 14.5. The van der Waals surface area contributed by atoms with Gasteiger partial charge in [-0.1, -0.05) is 121 Å². The van der Waals surface area contributed by atoms with Crippen LogP contribution in [-0.4, -0.2) is 10.3 Å². The van der Waals surface area contributed by atoms with Gasteiger partial charge in [-0.2, -0.15) is 0 Å². The first kappa shape index (κ1) is 27.0. The maximum absolute atomic E-state index is 6.70. The molecule has 3 heteroatoms. The summed E-state index contributed by atoms with van der Waals surface area (Å²) in [4.78, 5) is 5.13. The van der Waals surface area contributed by atoms with E-state index in [-0.39, 0.29) is 5.92 Å². The molecule has 0 bridgehead atoms. The van der Waals surface area contributed by atoms with Crippen molar-refractivity contribution < 1.29 is 4.42 Å². The van der Waals surface area contributed by atoms with Crippen LogP contribution in [0.2, 0.25) is 0 Å². The minimum Gasteiger partial charge on any atom is -0.456 e. The summed E-state index contributed by atoms with van der Waals surface area (Å²) < 4.78 is 9.08. The average Bonchev–Trinajstić information content (AvgIpc) is 3.70. The van der Waals surface area contributed by atoms with Crippen molar-refractivity contribution in [1.82, 2.24) is 4.57 Å². The number of hydrogen-bond donors (Lipinski definition) is 0. The molecule has 226 valence electrons. The summed E-state index contributed by atoms with van der Waals surface area (Å²) in [5.74, 6) is 0.159. The summed E-state index contributed by atoms with van der Waals surface area (Å²) in [6, 6.07) is 58.4. The molecule has 0 radical (unpaired) electrons. The Kier molecular flexibility index (Phi) is 6.00. The smallest absolute Gasteiger partial charge is 0.137 e. The quantitative estimate of drug-likeness (QED) is 0.194. The number of nitrogens with zero attached hydrogens (tertiary/aromatic N) is 2. The van der Waals surface area contributed by atoms with Crippen LogP contribution in [0.3, 0.4) is 0 Å². The lowest BCUT2D eigenvalue weighted by molar-refractivity contribution is 0.668. The van der Waals surface area contributed by atoms with Gasteiger partial charge in [-0.25, -0.2) is 0 Å². The van der Waals surface area contributed by atoms with Crippen molar-refractivity contribution in [2.45, 2.75) is 12.3 Å². The number of hydrogen-bond acceptors (Lipinski definition) is 2. The first-order chi connectivity index (χ1) is 23.8. The van der Waals surface area contributed by atoms with Crippen LogP contribution in [-0.2, 0) is 0 Å². The molecule has 1 unspecified atom stereocenters. The van der Waals surface area contributed by atoms with Gasteiger partial charge in [-0.15, -0.1) is 0 Å². The lowest BCUT2D eigenvalue weighted by Gasteiger charge is -2.26. The van der Waals surface area contributed by atoms with Crippen molar-refractivity contribution in [1.29, 1.82) is 0 Å². The van der Waals surface area contributed by atoms with Gasteiger partial charge in [0.2, 0.25) is 0 Å². The van der Waals surface area contributed by atoms with Gasteiger partial charge in [0.05, 0.1) is 16.7 Å². The molecule has 0 aliphatic carbocycles. The molecule has 48 heavy (non-hydrogen) atoms. The average molecular weight is 615 g/mol. The molecule has 0 spiro atoms. The number of fused-ring (bicyclic) bond motifs is 7.